The van der Waals surface area contributed by atoms with Crippen molar-refractivity contribution in [3.63, 3.8) is 0 Å². The average molecular weight is 368 g/mol. The fourth-order valence-corrected chi connectivity index (χ4v) is 3.34. The molecule has 5 nitrogen and oxygen atoms in total. The summed E-state index contributed by atoms with van der Waals surface area (Å²) >= 11 is 0. The minimum atomic E-state index is -0.153. The van der Waals surface area contributed by atoms with E-state index in [1.54, 1.807) is 7.11 Å². The molecule has 1 N–H and O–H groups in total. The fourth-order valence-electron chi connectivity index (χ4n) is 3.34. The number of hydrogen-bond acceptors (Lipinski definition) is 4. The number of amides is 1. The average Bonchev–Trinajstić information content (AvgIpc) is 2.71. The summed E-state index contributed by atoms with van der Waals surface area (Å²) in [5, 5.41) is 3.05. The van der Waals surface area contributed by atoms with Gasteiger partial charge in [0.25, 0.3) is 0 Å². The van der Waals surface area contributed by atoms with Gasteiger partial charge in [-0.05, 0) is 42.2 Å². The van der Waals surface area contributed by atoms with E-state index in [9.17, 15) is 4.79 Å². The maximum Gasteiger partial charge on any atom is 0.237 e. The summed E-state index contributed by atoms with van der Waals surface area (Å²) < 4.78 is 10.6. The van der Waals surface area contributed by atoms with Gasteiger partial charge < -0.3 is 14.8 Å². The van der Waals surface area contributed by atoms with Crippen molar-refractivity contribution in [3.05, 3.63) is 65.2 Å². The van der Waals surface area contributed by atoms with E-state index < -0.39 is 0 Å². The lowest BCUT2D eigenvalue weighted by molar-refractivity contribution is -0.126. The number of benzene rings is 2. The van der Waals surface area contributed by atoms with Gasteiger partial charge in [0, 0.05) is 26.7 Å². The minimum Gasteiger partial charge on any atom is -0.491 e. The van der Waals surface area contributed by atoms with Crippen molar-refractivity contribution < 1.29 is 14.3 Å². The number of nitrogens with zero attached hydrogens (tertiary/aromatic N) is 1. The lowest BCUT2D eigenvalue weighted by Gasteiger charge is -2.32. The molecule has 144 valence electrons. The van der Waals surface area contributed by atoms with Crippen molar-refractivity contribution in [3.8, 4) is 5.75 Å². The molecule has 27 heavy (non-hydrogen) atoms. The van der Waals surface area contributed by atoms with Crippen LogP contribution in [0.1, 0.15) is 23.6 Å². The summed E-state index contributed by atoms with van der Waals surface area (Å²) in [6.07, 6.45) is 0.995. The van der Waals surface area contributed by atoms with Gasteiger partial charge in [0.1, 0.15) is 12.4 Å². The Morgan fingerprint density at radius 1 is 1.15 bits per heavy atom. The van der Waals surface area contributed by atoms with Crippen molar-refractivity contribution in [2.75, 3.05) is 26.9 Å². The van der Waals surface area contributed by atoms with Gasteiger partial charge in [0.05, 0.1) is 12.6 Å². The molecule has 3 rings (SSSR count). The Hall–Kier alpha value is -2.37. The van der Waals surface area contributed by atoms with E-state index in [1.165, 1.54) is 11.1 Å². The molecule has 0 bridgehead atoms. The number of nitrogens with one attached hydrogen (secondary N) is 1. The lowest BCUT2D eigenvalue weighted by atomic mass is 9.99. The van der Waals surface area contributed by atoms with Crippen molar-refractivity contribution in [1.82, 2.24) is 10.2 Å². The first-order valence-corrected chi connectivity index (χ1v) is 9.46. The summed E-state index contributed by atoms with van der Waals surface area (Å²) in [4.78, 5) is 14.9. The van der Waals surface area contributed by atoms with E-state index in [-0.39, 0.29) is 11.9 Å². The number of carbonyl (C=O) groups is 1. The molecule has 1 amide bonds. The predicted molar refractivity (Wildman–Crippen MR) is 106 cm³/mol. The van der Waals surface area contributed by atoms with Crippen LogP contribution in [-0.4, -0.2) is 43.7 Å². The molecule has 1 atom stereocenters. The normalized spacial score (nSPS) is 15.0. The van der Waals surface area contributed by atoms with Crippen molar-refractivity contribution in [1.29, 1.82) is 0 Å². The molecular formula is C22H28N2O3. The highest BCUT2D eigenvalue weighted by molar-refractivity contribution is 5.81. The molecule has 1 unspecified atom stereocenters. The van der Waals surface area contributed by atoms with Crippen LogP contribution in [0.2, 0.25) is 0 Å². The highest BCUT2D eigenvalue weighted by Gasteiger charge is 2.24. The molecule has 0 saturated heterocycles. The third-order valence-corrected chi connectivity index (χ3v) is 5.01. The van der Waals surface area contributed by atoms with Crippen LogP contribution in [0.15, 0.2) is 48.5 Å². The van der Waals surface area contributed by atoms with Gasteiger partial charge in [0.2, 0.25) is 5.91 Å². The van der Waals surface area contributed by atoms with Crippen molar-refractivity contribution in [2.45, 2.75) is 32.5 Å². The summed E-state index contributed by atoms with van der Waals surface area (Å²) in [7, 11) is 1.65. The Bertz CT molecular complexity index is 763. The number of hydrogen-bond donors (Lipinski definition) is 1. The van der Waals surface area contributed by atoms with E-state index in [0.29, 0.717) is 19.8 Å². The van der Waals surface area contributed by atoms with Gasteiger partial charge in [-0.3, -0.25) is 9.69 Å². The van der Waals surface area contributed by atoms with Crippen LogP contribution >= 0.6 is 0 Å². The van der Waals surface area contributed by atoms with E-state index in [1.807, 2.05) is 31.2 Å². The van der Waals surface area contributed by atoms with Gasteiger partial charge in [-0.1, -0.05) is 36.4 Å². The second-order valence-electron chi connectivity index (χ2n) is 6.87. The topological polar surface area (TPSA) is 50.8 Å². The third kappa shape index (κ3) is 5.31. The largest absolute Gasteiger partial charge is 0.491 e. The van der Waals surface area contributed by atoms with Gasteiger partial charge in [0.15, 0.2) is 0 Å². The zero-order chi connectivity index (χ0) is 19.1. The van der Waals surface area contributed by atoms with E-state index in [2.05, 4.69) is 34.5 Å². The molecule has 0 radical (unpaired) electrons. The van der Waals surface area contributed by atoms with Gasteiger partial charge in [-0.25, -0.2) is 0 Å². The summed E-state index contributed by atoms with van der Waals surface area (Å²) in [6.45, 7) is 5.28. The standard InChI is InChI=1S/C22H28N2O3/c1-17(24-11-10-19-7-3-4-8-20(19)16-24)22(25)23-15-18-6-5-9-21(14-18)27-13-12-26-2/h3-9,14,17H,10-13,15-16H2,1-2H3,(H,23,25). The van der Waals surface area contributed by atoms with Crippen LogP contribution in [-0.2, 0) is 29.0 Å². The molecule has 0 aliphatic carbocycles. The molecule has 2 aromatic carbocycles. The zero-order valence-electron chi connectivity index (χ0n) is 16.1. The predicted octanol–water partition coefficient (Wildman–Crippen LogP) is 2.77. The smallest absolute Gasteiger partial charge is 0.237 e. The number of ether oxygens (including phenoxy) is 2. The maximum atomic E-state index is 12.6. The van der Waals surface area contributed by atoms with Gasteiger partial charge >= 0.3 is 0 Å². The molecule has 5 heteroatoms. The molecule has 1 aliphatic heterocycles. The maximum absolute atomic E-state index is 12.6. The van der Waals surface area contributed by atoms with Crippen LogP contribution in [0, 0.1) is 0 Å². The first-order valence-electron chi connectivity index (χ1n) is 9.46. The van der Waals surface area contributed by atoms with Crippen LogP contribution in [0.4, 0.5) is 0 Å². The Balaban J connectivity index is 1.51. The SMILES string of the molecule is COCCOc1cccc(CNC(=O)C(C)N2CCc3ccccc3C2)c1. The van der Waals surface area contributed by atoms with Crippen LogP contribution < -0.4 is 10.1 Å². The molecule has 0 spiro atoms. The van der Waals surface area contributed by atoms with Crippen molar-refractivity contribution in [2.24, 2.45) is 0 Å². The monoisotopic (exact) mass is 368 g/mol. The Morgan fingerprint density at radius 2 is 1.96 bits per heavy atom. The first-order chi connectivity index (χ1) is 13.2. The van der Waals surface area contributed by atoms with Crippen LogP contribution in [0.5, 0.6) is 5.75 Å². The highest BCUT2D eigenvalue weighted by atomic mass is 16.5. The fraction of sp³-hybridized carbons (Fsp3) is 0.409. The Kier molecular flexibility index (Phi) is 6.85. The zero-order valence-corrected chi connectivity index (χ0v) is 16.1. The number of methoxy groups -OCH3 is 1. The molecule has 1 aliphatic rings. The van der Waals surface area contributed by atoms with Crippen LogP contribution in [0.3, 0.4) is 0 Å². The number of fused-ring (bicyclic) bond motifs is 1. The van der Waals surface area contributed by atoms with E-state index in [0.717, 1.165) is 30.8 Å². The number of rotatable bonds is 8. The lowest BCUT2D eigenvalue weighted by Crippen LogP contribution is -2.46. The minimum absolute atomic E-state index is 0.0556. The molecule has 0 saturated carbocycles. The van der Waals surface area contributed by atoms with Gasteiger partial charge in [-0.2, -0.15) is 0 Å². The molecule has 0 aromatic heterocycles. The summed E-state index contributed by atoms with van der Waals surface area (Å²) in [5.41, 5.74) is 3.74. The summed E-state index contributed by atoms with van der Waals surface area (Å²) in [6, 6.07) is 16.1. The van der Waals surface area contributed by atoms with E-state index >= 15 is 0 Å². The number of carbonyl (C=O) groups excluding carboxylic acids is 1. The second-order valence-corrected chi connectivity index (χ2v) is 6.87. The summed E-state index contributed by atoms with van der Waals surface area (Å²) in [5.74, 6) is 0.847. The molecule has 1 heterocycles. The van der Waals surface area contributed by atoms with Crippen molar-refractivity contribution >= 4 is 5.91 Å². The van der Waals surface area contributed by atoms with E-state index in [4.69, 9.17) is 9.47 Å². The Morgan fingerprint density at radius 3 is 2.78 bits per heavy atom. The molecular weight excluding hydrogens is 340 g/mol. The molecule has 0 fully saturated rings. The van der Waals surface area contributed by atoms with Gasteiger partial charge in [-0.15, -0.1) is 0 Å². The second kappa shape index (κ2) is 9.53. The third-order valence-electron chi connectivity index (χ3n) is 5.01. The van der Waals surface area contributed by atoms with Crippen LogP contribution in [0.25, 0.3) is 0 Å². The molecule has 2 aromatic rings. The highest BCUT2D eigenvalue weighted by Crippen LogP contribution is 2.20. The Labute approximate surface area is 161 Å². The first kappa shape index (κ1) is 19.4. The quantitative estimate of drug-likeness (QED) is 0.728.